The normalized spacial score (nSPS) is 19.0. The second-order valence-electron chi connectivity index (χ2n) is 5.64. The van der Waals surface area contributed by atoms with Crippen molar-refractivity contribution in [3.05, 3.63) is 21.9 Å². The monoisotopic (exact) mass is 436 g/mol. The first-order chi connectivity index (χ1) is 10.2. The third-order valence-electron chi connectivity index (χ3n) is 3.91. The summed E-state index contributed by atoms with van der Waals surface area (Å²) in [6, 6.07) is 4.33. The van der Waals surface area contributed by atoms with E-state index in [9.17, 15) is 0 Å². The van der Waals surface area contributed by atoms with Gasteiger partial charge in [-0.25, -0.2) is 4.99 Å². The summed E-state index contributed by atoms with van der Waals surface area (Å²) in [6.07, 6.45) is 1.30. The number of hydrogen-bond acceptors (Lipinski definition) is 3. The summed E-state index contributed by atoms with van der Waals surface area (Å²) in [4.78, 5) is 9.88. The van der Waals surface area contributed by atoms with Crippen LogP contribution in [0, 0.1) is 12.8 Å². The smallest absolute Gasteiger partial charge is 0.191 e. The van der Waals surface area contributed by atoms with E-state index in [2.05, 4.69) is 53.4 Å². The summed E-state index contributed by atoms with van der Waals surface area (Å²) in [6.45, 7) is 12.8. The zero-order valence-electron chi connectivity index (χ0n) is 13.9. The average molecular weight is 436 g/mol. The highest BCUT2D eigenvalue weighted by molar-refractivity contribution is 14.0. The highest BCUT2D eigenvalue weighted by Gasteiger charge is 2.20. The van der Waals surface area contributed by atoms with Crippen LogP contribution in [0.2, 0.25) is 0 Å². The molecule has 0 spiro atoms. The molecule has 0 amide bonds. The van der Waals surface area contributed by atoms with Crippen LogP contribution in [0.4, 0.5) is 0 Å². The molecule has 1 saturated heterocycles. The Balaban J connectivity index is 0.00000242. The van der Waals surface area contributed by atoms with Gasteiger partial charge in [0, 0.05) is 29.4 Å². The van der Waals surface area contributed by atoms with E-state index in [0.717, 1.165) is 31.5 Å². The van der Waals surface area contributed by atoms with Gasteiger partial charge in [-0.3, -0.25) is 0 Å². The topological polar surface area (TPSA) is 39.7 Å². The van der Waals surface area contributed by atoms with Gasteiger partial charge in [0.15, 0.2) is 5.96 Å². The average Bonchev–Trinajstić information content (AvgIpc) is 3.10. The molecule has 1 aliphatic rings. The highest BCUT2D eigenvalue weighted by atomic mass is 127. The summed E-state index contributed by atoms with van der Waals surface area (Å²) in [5.41, 5.74) is 0. The lowest BCUT2D eigenvalue weighted by Crippen LogP contribution is -2.40. The number of nitrogens with zero attached hydrogens (tertiary/aromatic N) is 2. The summed E-state index contributed by atoms with van der Waals surface area (Å²) < 4.78 is 0. The van der Waals surface area contributed by atoms with Gasteiger partial charge < -0.3 is 15.5 Å². The molecule has 2 rings (SSSR count). The molecule has 0 bridgehead atoms. The van der Waals surface area contributed by atoms with E-state index in [-0.39, 0.29) is 24.0 Å². The Kier molecular flexibility index (Phi) is 9.35. The predicted octanol–water partition coefficient (Wildman–Crippen LogP) is 3.07. The van der Waals surface area contributed by atoms with Crippen molar-refractivity contribution in [1.82, 2.24) is 15.5 Å². The van der Waals surface area contributed by atoms with Gasteiger partial charge in [0.25, 0.3) is 0 Å². The van der Waals surface area contributed by atoms with E-state index in [1.54, 1.807) is 0 Å². The molecule has 1 unspecified atom stereocenters. The van der Waals surface area contributed by atoms with Gasteiger partial charge >= 0.3 is 0 Å². The molecule has 1 fully saturated rings. The molecule has 1 aromatic rings. The minimum Gasteiger partial charge on any atom is -0.357 e. The maximum atomic E-state index is 4.69. The minimum absolute atomic E-state index is 0. The molecule has 0 aromatic carbocycles. The van der Waals surface area contributed by atoms with Gasteiger partial charge in [0.05, 0.1) is 6.54 Å². The molecule has 1 atom stereocenters. The number of thiophene rings is 1. The number of halogens is 1. The molecule has 126 valence electrons. The third kappa shape index (κ3) is 6.42. The fraction of sp³-hybridized carbons (Fsp3) is 0.688. The van der Waals surface area contributed by atoms with Gasteiger partial charge in [-0.1, -0.05) is 6.92 Å². The fourth-order valence-corrected chi connectivity index (χ4v) is 3.49. The number of hydrogen-bond donors (Lipinski definition) is 2. The van der Waals surface area contributed by atoms with Crippen LogP contribution < -0.4 is 10.6 Å². The second-order valence-corrected chi connectivity index (χ2v) is 7.01. The van der Waals surface area contributed by atoms with Crippen LogP contribution in [0.1, 0.15) is 30.0 Å². The molecular formula is C16H29IN4S. The van der Waals surface area contributed by atoms with Crippen LogP contribution >= 0.6 is 35.3 Å². The SMILES string of the molecule is CCNC(=NCc1ccc(C)s1)NCC1CCN(CC)C1.I. The van der Waals surface area contributed by atoms with Crippen LogP contribution in [0.15, 0.2) is 17.1 Å². The first-order valence-corrected chi connectivity index (χ1v) is 8.82. The fourth-order valence-electron chi connectivity index (χ4n) is 2.68. The van der Waals surface area contributed by atoms with Crippen LogP contribution in [0.25, 0.3) is 0 Å². The largest absolute Gasteiger partial charge is 0.357 e. The number of aliphatic imine (C=N–C) groups is 1. The molecule has 0 radical (unpaired) electrons. The van der Waals surface area contributed by atoms with Gasteiger partial charge in [-0.15, -0.1) is 35.3 Å². The lowest BCUT2D eigenvalue weighted by atomic mass is 10.1. The standard InChI is InChI=1S/C16H28N4S.HI/c1-4-17-16(19-11-15-7-6-13(3)21-15)18-10-14-8-9-20(5-2)12-14;/h6-7,14H,4-5,8-12H2,1-3H3,(H2,17,18,19);1H. The lowest BCUT2D eigenvalue weighted by molar-refractivity contribution is 0.342. The first kappa shape index (κ1) is 19.7. The Morgan fingerprint density at radius 3 is 2.77 bits per heavy atom. The van der Waals surface area contributed by atoms with Gasteiger partial charge in [0.2, 0.25) is 0 Å². The molecule has 0 saturated carbocycles. The summed E-state index contributed by atoms with van der Waals surface area (Å²) in [5, 5.41) is 6.84. The zero-order valence-corrected chi connectivity index (χ0v) is 17.0. The highest BCUT2D eigenvalue weighted by Crippen LogP contribution is 2.16. The van der Waals surface area contributed by atoms with E-state index in [4.69, 9.17) is 0 Å². The number of rotatable bonds is 6. The Morgan fingerprint density at radius 1 is 1.36 bits per heavy atom. The van der Waals surface area contributed by atoms with Crippen molar-refractivity contribution in [2.75, 3.05) is 32.7 Å². The molecule has 22 heavy (non-hydrogen) atoms. The Hall–Kier alpha value is -0.340. The van der Waals surface area contributed by atoms with Crippen LogP contribution in [-0.4, -0.2) is 43.6 Å². The van der Waals surface area contributed by atoms with Crippen LogP contribution in [0.5, 0.6) is 0 Å². The van der Waals surface area contributed by atoms with E-state index >= 15 is 0 Å². The van der Waals surface area contributed by atoms with E-state index in [0.29, 0.717) is 0 Å². The Bertz CT molecular complexity index is 461. The molecule has 4 nitrogen and oxygen atoms in total. The molecule has 2 N–H and O–H groups in total. The third-order valence-corrected chi connectivity index (χ3v) is 4.89. The van der Waals surface area contributed by atoms with E-state index < -0.39 is 0 Å². The van der Waals surface area contributed by atoms with Crippen molar-refractivity contribution < 1.29 is 0 Å². The van der Waals surface area contributed by atoms with Crippen molar-refractivity contribution in [2.45, 2.75) is 33.7 Å². The van der Waals surface area contributed by atoms with Crippen molar-refractivity contribution in [2.24, 2.45) is 10.9 Å². The number of aryl methyl sites for hydroxylation is 1. The zero-order chi connectivity index (χ0) is 15.1. The lowest BCUT2D eigenvalue weighted by Gasteiger charge is -2.16. The molecule has 6 heteroatoms. The molecule has 1 aromatic heterocycles. The quantitative estimate of drug-likeness (QED) is 0.409. The first-order valence-electron chi connectivity index (χ1n) is 8.01. The van der Waals surface area contributed by atoms with E-state index in [1.807, 2.05) is 11.3 Å². The minimum atomic E-state index is 0. The number of likely N-dealkylation sites (tertiary alicyclic amines) is 1. The van der Waals surface area contributed by atoms with Crippen molar-refractivity contribution in [1.29, 1.82) is 0 Å². The van der Waals surface area contributed by atoms with Gasteiger partial charge in [0.1, 0.15) is 0 Å². The Morgan fingerprint density at radius 2 is 2.18 bits per heavy atom. The molecular weight excluding hydrogens is 407 g/mol. The van der Waals surface area contributed by atoms with E-state index in [1.165, 1.54) is 35.8 Å². The van der Waals surface area contributed by atoms with Crippen molar-refractivity contribution in [3.8, 4) is 0 Å². The maximum Gasteiger partial charge on any atom is 0.191 e. The summed E-state index contributed by atoms with van der Waals surface area (Å²) >= 11 is 1.83. The molecule has 1 aliphatic heterocycles. The summed E-state index contributed by atoms with van der Waals surface area (Å²) in [5.74, 6) is 1.69. The van der Waals surface area contributed by atoms with Gasteiger partial charge in [-0.05, 0) is 51.4 Å². The number of guanidine groups is 1. The molecule has 0 aliphatic carbocycles. The van der Waals surface area contributed by atoms with Crippen LogP contribution in [0.3, 0.4) is 0 Å². The number of nitrogens with one attached hydrogen (secondary N) is 2. The van der Waals surface area contributed by atoms with Crippen molar-refractivity contribution >= 4 is 41.3 Å². The van der Waals surface area contributed by atoms with Gasteiger partial charge in [-0.2, -0.15) is 0 Å². The molecule has 2 heterocycles. The predicted molar refractivity (Wildman–Crippen MR) is 108 cm³/mol. The summed E-state index contributed by atoms with van der Waals surface area (Å²) in [7, 11) is 0. The maximum absolute atomic E-state index is 4.69. The Labute approximate surface area is 155 Å². The van der Waals surface area contributed by atoms with Crippen LogP contribution in [-0.2, 0) is 6.54 Å². The second kappa shape index (κ2) is 10.4. The van der Waals surface area contributed by atoms with Crippen molar-refractivity contribution in [3.63, 3.8) is 0 Å².